The van der Waals surface area contributed by atoms with E-state index in [0.717, 1.165) is 29.7 Å². The monoisotopic (exact) mass is 346 g/mol. The first kappa shape index (κ1) is 17.4. The van der Waals surface area contributed by atoms with Crippen LogP contribution in [0.1, 0.15) is 30.0 Å². The molecule has 25 heavy (non-hydrogen) atoms. The molecule has 0 saturated carbocycles. The SMILES string of the molecule is NC(CC(=O)N1CCCc2cc(OC(F)F)ccc21)c1ccccc1. The van der Waals surface area contributed by atoms with Crippen LogP contribution in [-0.2, 0) is 11.2 Å². The van der Waals surface area contributed by atoms with E-state index in [1.165, 1.54) is 6.07 Å². The van der Waals surface area contributed by atoms with Gasteiger partial charge in [0.05, 0.1) is 0 Å². The fraction of sp³-hybridized carbons (Fsp3) is 0.316. The number of hydrogen-bond acceptors (Lipinski definition) is 3. The molecule has 0 aliphatic carbocycles. The van der Waals surface area contributed by atoms with Gasteiger partial charge in [-0.25, -0.2) is 0 Å². The summed E-state index contributed by atoms with van der Waals surface area (Å²) in [6, 6.07) is 13.8. The zero-order chi connectivity index (χ0) is 17.8. The average Bonchev–Trinajstić information content (AvgIpc) is 2.61. The molecule has 0 radical (unpaired) electrons. The molecule has 0 fully saturated rings. The maximum atomic E-state index is 12.7. The highest BCUT2D eigenvalue weighted by Gasteiger charge is 2.25. The molecule has 3 rings (SSSR count). The van der Waals surface area contributed by atoms with Crippen molar-refractivity contribution < 1.29 is 18.3 Å². The van der Waals surface area contributed by atoms with Crippen molar-refractivity contribution in [1.82, 2.24) is 0 Å². The average molecular weight is 346 g/mol. The van der Waals surface area contributed by atoms with Crippen LogP contribution < -0.4 is 15.4 Å². The molecule has 1 atom stereocenters. The second-order valence-corrected chi connectivity index (χ2v) is 6.04. The number of anilines is 1. The van der Waals surface area contributed by atoms with Crippen molar-refractivity contribution >= 4 is 11.6 Å². The topological polar surface area (TPSA) is 55.6 Å². The summed E-state index contributed by atoms with van der Waals surface area (Å²) in [6.07, 6.45) is 1.69. The number of nitrogens with zero attached hydrogens (tertiary/aromatic N) is 1. The first-order valence-electron chi connectivity index (χ1n) is 8.23. The lowest BCUT2D eigenvalue weighted by atomic mass is 9.99. The Morgan fingerprint density at radius 3 is 2.68 bits per heavy atom. The molecule has 0 spiro atoms. The van der Waals surface area contributed by atoms with Crippen LogP contribution >= 0.6 is 0 Å². The van der Waals surface area contributed by atoms with Gasteiger partial charge in [-0.2, -0.15) is 8.78 Å². The second-order valence-electron chi connectivity index (χ2n) is 6.04. The normalized spacial score (nSPS) is 15.0. The second kappa shape index (κ2) is 7.61. The van der Waals surface area contributed by atoms with Crippen molar-refractivity contribution in [2.24, 2.45) is 5.73 Å². The first-order chi connectivity index (χ1) is 12.0. The number of rotatable bonds is 5. The van der Waals surface area contributed by atoms with Gasteiger partial charge in [0.1, 0.15) is 5.75 Å². The van der Waals surface area contributed by atoms with Gasteiger partial charge in [-0.15, -0.1) is 0 Å². The molecule has 2 aromatic carbocycles. The van der Waals surface area contributed by atoms with Gasteiger partial charge < -0.3 is 15.4 Å². The minimum Gasteiger partial charge on any atom is -0.435 e. The van der Waals surface area contributed by atoms with Crippen LogP contribution in [0.2, 0.25) is 0 Å². The highest BCUT2D eigenvalue weighted by atomic mass is 19.3. The summed E-state index contributed by atoms with van der Waals surface area (Å²) in [5.41, 5.74) is 8.65. The van der Waals surface area contributed by atoms with Crippen molar-refractivity contribution in [3.8, 4) is 5.75 Å². The lowest BCUT2D eigenvalue weighted by molar-refractivity contribution is -0.119. The summed E-state index contributed by atoms with van der Waals surface area (Å²) < 4.78 is 29.2. The van der Waals surface area contributed by atoms with E-state index in [4.69, 9.17) is 5.73 Å². The summed E-state index contributed by atoms with van der Waals surface area (Å²) in [6.45, 7) is -2.26. The van der Waals surface area contributed by atoms with Crippen molar-refractivity contribution in [3.63, 3.8) is 0 Å². The van der Waals surface area contributed by atoms with Crippen LogP contribution in [0.25, 0.3) is 0 Å². The Labute approximate surface area is 145 Å². The largest absolute Gasteiger partial charge is 0.435 e. The molecule has 0 saturated heterocycles. The molecule has 1 aliphatic rings. The van der Waals surface area contributed by atoms with E-state index in [9.17, 15) is 13.6 Å². The van der Waals surface area contributed by atoms with Gasteiger partial charge in [0, 0.05) is 24.7 Å². The predicted octanol–water partition coefficient (Wildman–Crippen LogP) is 3.66. The van der Waals surface area contributed by atoms with Crippen molar-refractivity contribution in [2.45, 2.75) is 31.9 Å². The van der Waals surface area contributed by atoms with Crippen LogP contribution in [0.3, 0.4) is 0 Å². The molecule has 2 aromatic rings. The minimum atomic E-state index is -2.86. The predicted molar refractivity (Wildman–Crippen MR) is 91.7 cm³/mol. The summed E-state index contributed by atoms with van der Waals surface area (Å²) in [4.78, 5) is 14.4. The van der Waals surface area contributed by atoms with Crippen LogP contribution in [0.5, 0.6) is 5.75 Å². The van der Waals surface area contributed by atoms with Gasteiger partial charge in [0.25, 0.3) is 0 Å². The number of halogens is 2. The molecular weight excluding hydrogens is 326 g/mol. The maximum absolute atomic E-state index is 12.7. The van der Waals surface area contributed by atoms with Crippen LogP contribution in [0.4, 0.5) is 14.5 Å². The number of carbonyl (C=O) groups excluding carboxylic acids is 1. The molecule has 0 bridgehead atoms. The van der Waals surface area contributed by atoms with E-state index in [0.29, 0.717) is 6.54 Å². The van der Waals surface area contributed by atoms with E-state index >= 15 is 0 Å². The number of fused-ring (bicyclic) bond motifs is 1. The van der Waals surface area contributed by atoms with Crippen molar-refractivity contribution in [3.05, 3.63) is 59.7 Å². The Morgan fingerprint density at radius 2 is 1.96 bits per heavy atom. The Balaban J connectivity index is 1.74. The van der Waals surface area contributed by atoms with E-state index < -0.39 is 6.61 Å². The van der Waals surface area contributed by atoms with Gasteiger partial charge in [0.15, 0.2) is 0 Å². The highest BCUT2D eigenvalue weighted by Crippen LogP contribution is 2.32. The molecule has 4 nitrogen and oxygen atoms in total. The van der Waals surface area contributed by atoms with Crippen LogP contribution in [-0.4, -0.2) is 19.1 Å². The molecule has 132 valence electrons. The minimum absolute atomic E-state index is 0.0696. The Hall–Kier alpha value is -2.47. The molecule has 0 aromatic heterocycles. The quantitative estimate of drug-likeness (QED) is 0.899. The molecular formula is C19H20F2N2O2. The van der Waals surface area contributed by atoms with Crippen LogP contribution in [0.15, 0.2) is 48.5 Å². The third-order valence-electron chi connectivity index (χ3n) is 4.32. The Bertz CT molecular complexity index is 737. The van der Waals surface area contributed by atoms with Gasteiger partial charge in [0.2, 0.25) is 5.91 Å². The van der Waals surface area contributed by atoms with Crippen LogP contribution in [0, 0.1) is 0 Å². The van der Waals surface area contributed by atoms with Gasteiger partial charge >= 0.3 is 6.61 Å². The number of hydrogen-bond donors (Lipinski definition) is 1. The molecule has 1 aliphatic heterocycles. The van der Waals surface area contributed by atoms with E-state index in [1.54, 1.807) is 17.0 Å². The number of benzene rings is 2. The third-order valence-corrected chi connectivity index (χ3v) is 4.32. The lowest BCUT2D eigenvalue weighted by Gasteiger charge is -2.30. The molecule has 1 heterocycles. The van der Waals surface area contributed by atoms with Crippen molar-refractivity contribution in [1.29, 1.82) is 0 Å². The summed E-state index contributed by atoms with van der Waals surface area (Å²) in [5, 5.41) is 0. The fourth-order valence-electron chi connectivity index (χ4n) is 3.13. The number of amides is 1. The highest BCUT2D eigenvalue weighted by molar-refractivity contribution is 5.95. The van der Waals surface area contributed by atoms with Gasteiger partial charge in [-0.1, -0.05) is 30.3 Å². The Morgan fingerprint density at radius 1 is 1.20 bits per heavy atom. The number of alkyl halides is 2. The van der Waals surface area contributed by atoms with E-state index in [-0.39, 0.29) is 24.1 Å². The van der Waals surface area contributed by atoms with E-state index in [2.05, 4.69) is 4.74 Å². The lowest BCUT2D eigenvalue weighted by Crippen LogP contribution is -2.37. The molecule has 1 unspecified atom stereocenters. The number of nitrogens with two attached hydrogens (primary N) is 1. The summed E-state index contributed by atoms with van der Waals surface area (Å²) in [5.74, 6) is 0.0452. The fourth-order valence-corrected chi connectivity index (χ4v) is 3.13. The number of aryl methyl sites for hydroxylation is 1. The molecule has 6 heteroatoms. The smallest absolute Gasteiger partial charge is 0.387 e. The Kier molecular flexibility index (Phi) is 5.28. The standard InChI is InChI=1S/C19H20F2N2O2/c20-19(21)25-15-8-9-17-14(11-15)7-4-10-23(17)18(24)12-16(22)13-5-2-1-3-6-13/h1-3,5-6,8-9,11,16,19H,4,7,10,12,22H2. The van der Waals surface area contributed by atoms with Gasteiger partial charge in [-0.3, -0.25) is 4.79 Å². The molecule has 2 N–H and O–H groups in total. The summed E-state index contributed by atoms with van der Waals surface area (Å²) in [7, 11) is 0. The first-order valence-corrected chi connectivity index (χ1v) is 8.23. The van der Waals surface area contributed by atoms with E-state index in [1.807, 2.05) is 30.3 Å². The zero-order valence-electron chi connectivity index (χ0n) is 13.7. The maximum Gasteiger partial charge on any atom is 0.387 e. The summed E-state index contributed by atoms with van der Waals surface area (Å²) >= 11 is 0. The zero-order valence-corrected chi connectivity index (χ0v) is 13.7. The number of ether oxygens (including phenoxy) is 1. The van der Waals surface area contributed by atoms with Crippen molar-refractivity contribution in [2.75, 3.05) is 11.4 Å². The third kappa shape index (κ3) is 4.14. The number of carbonyl (C=O) groups is 1. The molecule has 1 amide bonds. The van der Waals surface area contributed by atoms with Gasteiger partial charge in [-0.05, 0) is 42.2 Å².